The standard InChI is InChI=1S/C16H19FN2S/c17-13-3-1-4-14(11-13)18-8-9-19(15-6-7-15)12-16-5-2-10-20-16/h1-5,10-11,15,18H,6-9,12H2. The third kappa shape index (κ3) is 3.81. The van der Waals surface area contributed by atoms with Crippen molar-refractivity contribution in [2.45, 2.75) is 25.4 Å². The first-order valence-corrected chi connectivity index (χ1v) is 7.95. The molecule has 2 aromatic rings. The number of benzene rings is 1. The fourth-order valence-electron chi connectivity index (χ4n) is 2.38. The predicted molar refractivity (Wildman–Crippen MR) is 82.6 cm³/mol. The van der Waals surface area contributed by atoms with Crippen LogP contribution in [0.5, 0.6) is 0 Å². The van der Waals surface area contributed by atoms with Gasteiger partial charge in [-0.1, -0.05) is 12.1 Å². The number of nitrogens with zero attached hydrogens (tertiary/aromatic N) is 1. The topological polar surface area (TPSA) is 15.3 Å². The highest BCUT2D eigenvalue weighted by Crippen LogP contribution is 2.28. The Labute approximate surface area is 123 Å². The van der Waals surface area contributed by atoms with Crippen molar-refractivity contribution < 1.29 is 4.39 Å². The van der Waals surface area contributed by atoms with Gasteiger partial charge in [-0.3, -0.25) is 4.90 Å². The van der Waals surface area contributed by atoms with Crippen LogP contribution < -0.4 is 5.32 Å². The van der Waals surface area contributed by atoms with Gasteiger partial charge in [0, 0.05) is 36.2 Å². The first kappa shape index (κ1) is 13.6. The molecule has 106 valence electrons. The summed E-state index contributed by atoms with van der Waals surface area (Å²) in [5.41, 5.74) is 0.858. The summed E-state index contributed by atoms with van der Waals surface area (Å²) in [5, 5.41) is 5.43. The van der Waals surface area contributed by atoms with Gasteiger partial charge in [0.1, 0.15) is 5.82 Å². The molecule has 1 aliphatic carbocycles. The molecule has 1 aromatic carbocycles. The molecule has 20 heavy (non-hydrogen) atoms. The Bertz CT molecular complexity index is 537. The van der Waals surface area contributed by atoms with E-state index >= 15 is 0 Å². The van der Waals surface area contributed by atoms with E-state index in [4.69, 9.17) is 0 Å². The van der Waals surface area contributed by atoms with Crippen LogP contribution in [0, 0.1) is 5.82 Å². The highest BCUT2D eigenvalue weighted by atomic mass is 32.1. The minimum Gasteiger partial charge on any atom is -0.384 e. The number of thiophene rings is 1. The summed E-state index contributed by atoms with van der Waals surface area (Å²) in [4.78, 5) is 3.95. The van der Waals surface area contributed by atoms with Crippen molar-refractivity contribution in [2.24, 2.45) is 0 Å². The zero-order chi connectivity index (χ0) is 13.8. The molecule has 0 amide bonds. The zero-order valence-corrected chi connectivity index (χ0v) is 12.2. The van der Waals surface area contributed by atoms with Gasteiger partial charge in [0.2, 0.25) is 0 Å². The summed E-state index contributed by atoms with van der Waals surface area (Å²) in [7, 11) is 0. The van der Waals surface area contributed by atoms with Crippen LogP contribution in [0.2, 0.25) is 0 Å². The monoisotopic (exact) mass is 290 g/mol. The van der Waals surface area contributed by atoms with E-state index in [-0.39, 0.29) is 5.82 Å². The molecule has 0 aliphatic heterocycles. The lowest BCUT2D eigenvalue weighted by molar-refractivity contribution is 0.267. The van der Waals surface area contributed by atoms with E-state index in [1.165, 1.54) is 23.8 Å². The molecule has 0 spiro atoms. The summed E-state index contributed by atoms with van der Waals surface area (Å²) in [6, 6.07) is 11.7. The van der Waals surface area contributed by atoms with Gasteiger partial charge in [-0.25, -0.2) is 4.39 Å². The van der Waals surface area contributed by atoms with E-state index in [0.717, 1.165) is 31.4 Å². The fourth-order valence-corrected chi connectivity index (χ4v) is 3.10. The van der Waals surface area contributed by atoms with Crippen LogP contribution in [0.1, 0.15) is 17.7 Å². The van der Waals surface area contributed by atoms with E-state index in [2.05, 4.69) is 27.7 Å². The third-order valence-corrected chi connectivity index (χ3v) is 4.42. The Balaban J connectivity index is 1.50. The maximum Gasteiger partial charge on any atom is 0.125 e. The van der Waals surface area contributed by atoms with E-state index in [0.29, 0.717) is 0 Å². The quantitative estimate of drug-likeness (QED) is 0.830. The molecule has 4 heteroatoms. The van der Waals surface area contributed by atoms with Crippen LogP contribution in [0.15, 0.2) is 41.8 Å². The average Bonchev–Trinajstić information content (AvgIpc) is 3.16. The van der Waals surface area contributed by atoms with Crippen LogP contribution in [0.3, 0.4) is 0 Å². The summed E-state index contributed by atoms with van der Waals surface area (Å²) >= 11 is 1.82. The first-order chi connectivity index (χ1) is 9.81. The minimum atomic E-state index is -0.187. The largest absolute Gasteiger partial charge is 0.384 e. The van der Waals surface area contributed by atoms with Crippen molar-refractivity contribution in [3.05, 3.63) is 52.5 Å². The summed E-state index contributed by atoms with van der Waals surface area (Å²) in [6.45, 7) is 2.89. The van der Waals surface area contributed by atoms with Gasteiger partial charge in [-0.2, -0.15) is 0 Å². The smallest absolute Gasteiger partial charge is 0.125 e. The Morgan fingerprint density at radius 1 is 1.25 bits per heavy atom. The summed E-state index contributed by atoms with van der Waals surface area (Å²) in [5.74, 6) is -0.187. The highest BCUT2D eigenvalue weighted by Gasteiger charge is 2.28. The lowest BCUT2D eigenvalue weighted by Crippen LogP contribution is -2.30. The molecule has 0 bridgehead atoms. The predicted octanol–water partition coefficient (Wildman–Crippen LogP) is 3.96. The molecule has 1 fully saturated rings. The highest BCUT2D eigenvalue weighted by molar-refractivity contribution is 7.09. The number of anilines is 1. The van der Waals surface area contributed by atoms with Crippen LogP contribution in [-0.2, 0) is 6.54 Å². The van der Waals surface area contributed by atoms with Gasteiger partial charge in [0.15, 0.2) is 0 Å². The molecular weight excluding hydrogens is 271 g/mol. The molecule has 1 heterocycles. The van der Waals surface area contributed by atoms with Gasteiger partial charge < -0.3 is 5.32 Å². The molecule has 1 aliphatic rings. The first-order valence-electron chi connectivity index (χ1n) is 7.07. The Hall–Kier alpha value is -1.39. The van der Waals surface area contributed by atoms with E-state index in [1.54, 1.807) is 12.1 Å². The minimum absolute atomic E-state index is 0.187. The molecule has 3 rings (SSSR count). The number of hydrogen-bond acceptors (Lipinski definition) is 3. The van der Waals surface area contributed by atoms with E-state index < -0.39 is 0 Å². The van der Waals surface area contributed by atoms with Crippen LogP contribution in [0.4, 0.5) is 10.1 Å². The summed E-state index contributed by atoms with van der Waals surface area (Å²) in [6.07, 6.45) is 2.62. The number of halogens is 1. The normalized spacial score (nSPS) is 14.7. The molecule has 0 unspecified atom stereocenters. The maximum atomic E-state index is 13.1. The summed E-state index contributed by atoms with van der Waals surface area (Å²) < 4.78 is 13.1. The van der Waals surface area contributed by atoms with Crippen molar-refractivity contribution in [1.82, 2.24) is 4.90 Å². The molecule has 0 radical (unpaired) electrons. The van der Waals surface area contributed by atoms with Gasteiger partial charge in [-0.05, 0) is 42.5 Å². The lowest BCUT2D eigenvalue weighted by Gasteiger charge is -2.21. The second-order valence-corrected chi connectivity index (χ2v) is 6.25. The molecule has 2 nitrogen and oxygen atoms in total. The molecule has 0 saturated heterocycles. The van der Waals surface area contributed by atoms with Crippen molar-refractivity contribution in [3.8, 4) is 0 Å². The lowest BCUT2D eigenvalue weighted by atomic mass is 10.3. The van der Waals surface area contributed by atoms with Gasteiger partial charge >= 0.3 is 0 Å². The number of hydrogen-bond donors (Lipinski definition) is 1. The van der Waals surface area contributed by atoms with Crippen LogP contribution in [0.25, 0.3) is 0 Å². The Morgan fingerprint density at radius 2 is 2.15 bits per heavy atom. The Kier molecular flexibility index (Phi) is 4.33. The SMILES string of the molecule is Fc1cccc(NCCN(Cc2cccs2)C2CC2)c1. The van der Waals surface area contributed by atoms with Crippen molar-refractivity contribution in [2.75, 3.05) is 18.4 Å². The van der Waals surface area contributed by atoms with Crippen LogP contribution >= 0.6 is 11.3 Å². The number of nitrogens with one attached hydrogen (secondary N) is 1. The second-order valence-electron chi connectivity index (χ2n) is 5.22. The molecular formula is C16H19FN2S. The fraction of sp³-hybridized carbons (Fsp3) is 0.375. The second kappa shape index (κ2) is 6.37. The molecule has 1 aromatic heterocycles. The van der Waals surface area contributed by atoms with Crippen LogP contribution in [-0.4, -0.2) is 24.0 Å². The maximum absolute atomic E-state index is 13.1. The van der Waals surface area contributed by atoms with E-state index in [9.17, 15) is 4.39 Å². The zero-order valence-electron chi connectivity index (χ0n) is 11.4. The molecule has 1 N–H and O–H groups in total. The average molecular weight is 290 g/mol. The molecule has 0 atom stereocenters. The molecule has 1 saturated carbocycles. The third-order valence-electron chi connectivity index (χ3n) is 3.56. The van der Waals surface area contributed by atoms with Gasteiger partial charge in [0.25, 0.3) is 0 Å². The van der Waals surface area contributed by atoms with Crippen molar-refractivity contribution in [3.63, 3.8) is 0 Å². The van der Waals surface area contributed by atoms with Gasteiger partial charge in [-0.15, -0.1) is 11.3 Å². The van der Waals surface area contributed by atoms with Crippen molar-refractivity contribution in [1.29, 1.82) is 0 Å². The van der Waals surface area contributed by atoms with E-state index in [1.807, 2.05) is 17.4 Å². The Morgan fingerprint density at radius 3 is 2.85 bits per heavy atom. The van der Waals surface area contributed by atoms with Crippen molar-refractivity contribution >= 4 is 17.0 Å². The van der Waals surface area contributed by atoms with Gasteiger partial charge in [0.05, 0.1) is 0 Å². The number of rotatable bonds is 7.